The molecule has 2 aromatic heterocycles. The second-order valence-corrected chi connectivity index (χ2v) is 7.03. The zero-order chi connectivity index (χ0) is 17.2. The van der Waals surface area contributed by atoms with Crippen molar-refractivity contribution in [2.24, 2.45) is 0 Å². The first-order valence-corrected chi connectivity index (χ1v) is 9.12. The molecule has 0 aliphatic carbocycles. The highest BCUT2D eigenvalue weighted by atomic mass is 79.9. The van der Waals surface area contributed by atoms with Crippen molar-refractivity contribution >= 4 is 21.8 Å². The monoisotopic (exact) mass is 407 g/mol. The molecule has 1 saturated heterocycles. The SMILES string of the molecule is O=C(c1cc2n(n1)CCCO2)N1CCCC(Oc2ncc(Br)cn2)C1. The number of aromatic nitrogens is 4. The highest BCUT2D eigenvalue weighted by molar-refractivity contribution is 9.10. The van der Waals surface area contributed by atoms with Crippen molar-refractivity contribution in [3.8, 4) is 11.9 Å². The third kappa shape index (κ3) is 3.60. The van der Waals surface area contributed by atoms with Crippen LogP contribution in [0.25, 0.3) is 0 Å². The number of nitrogens with zero attached hydrogens (tertiary/aromatic N) is 5. The molecule has 2 aromatic rings. The number of aryl methyl sites for hydroxylation is 1. The van der Waals surface area contributed by atoms with E-state index in [0.717, 1.165) is 30.3 Å². The molecule has 0 spiro atoms. The van der Waals surface area contributed by atoms with Gasteiger partial charge in [-0.25, -0.2) is 14.6 Å². The maximum Gasteiger partial charge on any atom is 0.316 e. The van der Waals surface area contributed by atoms with Gasteiger partial charge in [0.2, 0.25) is 5.88 Å². The van der Waals surface area contributed by atoms with E-state index in [2.05, 4.69) is 31.0 Å². The van der Waals surface area contributed by atoms with Crippen LogP contribution >= 0.6 is 15.9 Å². The Morgan fingerprint density at radius 3 is 2.92 bits per heavy atom. The molecule has 132 valence electrons. The quantitative estimate of drug-likeness (QED) is 0.772. The van der Waals surface area contributed by atoms with Crippen LogP contribution in [0.5, 0.6) is 11.9 Å². The summed E-state index contributed by atoms with van der Waals surface area (Å²) in [5.74, 6) is 0.582. The van der Waals surface area contributed by atoms with Gasteiger partial charge in [-0.2, -0.15) is 5.10 Å². The van der Waals surface area contributed by atoms with Gasteiger partial charge in [0.15, 0.2) is 5.69 Å². The minimum atomic E-state index is -0.118. The molecule has 0 bridgehead atoms. The number of fused-ring (bicyclic) bond motifs is 1. The number of carbonyl (C=O) groups is 1. The van der Waals surface area contributed by atoms with Gasteiger partial charge in [-0.15, -0.1) is 0 Å². The van der Waals surface area contributed by atoms with Gasteiger partial charge in [0.25, 0.3) is 5.91 Å². The van der Waals surface area contributed by atoms with Crippen LogP contribution in [0.1, 0.15) is 29.8 Å². The molecule has 1 amide bonds. The standard InChI is InChI=1S/C16H18BrN5O3/c17-11-8-18-16(19-9-11)25-12-3-1-4-21(10-12)15(23)13-7-14-22(20-13)5-2-6-24-14/h7-9,12H,1-6,10H2. The molecule has 2 aliphatic heterocycles. The summed E-state index contributed by atoms with van der Waals surface area (Å²) in [5, 5.41) is 4.37. The molecular weight excluding hydrogens is 390 g/mol. The molecular formula is C16H18BrN5O3. The molecule has 1 atom stereocenters. The highest BCUT2D eigenvalue weighted by Crippen LogP contribution is 2.22. The normalized spacial score (nSPS) is 19.9. The first-order chi connectivity index (χ1) is 12.2. The van der Waals surface area contributed by atoms with Crippen molar-refractivity contribution < 1.29 is 14.3 Å². The summed E-state index contributed by atoms with van der Waals surface area (Å²) < 4.78 is 13.9. The topological polar surface area (TPSA) is 82.4 Å². The van der Waals surface area contributed by atoms with Crippen molar-refractivity contribution in [2.45, 2.75) is 31.9 Å². The lowest BCUT2D eigenvalue weighted by atomic mass is 10.1. The second-order valence-electron chi connectivity index (χ2n) is 6.11. The number of rotatable bonds is 3. The fraction of sp³-hybridized carbons (Fsp3) is 0.500. The highest BCUT2D eigenvalue weighted by Gasteiger charge is 2.28. The lowest BCUT2D eigenvalue weighted by Crippen LogP contribution is -2.44. The first-order valence-electron chi connectivity index (χ1n) is 8.33. The van der Waals surface area contributed by atoms with Crippen molar-refractivity contribution in [3.63, 3.8) is 0 Å². The van der Waals surface area contributed by atoms with Crippen LogP contribution < -0.4 is 9.47 Å². The number of piperidine rings is 1. The Hall–Kier alpha value is -2.16. The van der Waals surface area contributed by atoms with Crippen molar-refractivity contribution in [1.29, 1.82) is 0 Å². The molecule has 4 rings (SSSR count). The zero-order valence-corrected chi connectivity index (χ0v) is 15.2. The number of hydrogen-bond donors (Lipinski definition) is 0. The van der Waals surface area contributed by atoms with Crippen LogP contribution in [-0.2, 0) is 6.54 Å². The van der Waals surface area contributed by atoms with Gasteiger partial charge >= 0.3 is 6.01 Å². The first kappa shape index (κ1) is 16.3. The Morgan fingerprint density at radius 1 is 1.28 bits per heavy atom. The number of hydrogen-bond acceptors (Lipinski definition) is 6. The number of ether oxygens (including phenoxy) is 2. The van der Waals surface area contributed by atoms with Gasteiger partial charge in [0.05, 0.1) is 17.6 Å². The summed E-state index contributed by atoms with van der Waals surface area (Å²) in [4.78, 5) is 22.8. The number of amides is 1. The lowest BCUT2D eigenvalue weighted by molar-refractivity contribution is 0.0510. The zero-order valence-electron chi connectivity index (χ0n) is 13.6. The maximum atomic E-state index is 12.8. The summed E-state index contributed by atoms with van der Waals surface area (Å²) in [5.41, 5.74) is 0.428. The summed E-state index contributed by atoms with van der Waals surface area (Å²) in [6, 6.07) is 2.05. The summed E-state index contributed by atoms with van der Waals surface area (Å²) in [7, 11) is 0. The molecule has 4 heterocycles. The molecule has 25 heavy (non-hydrogen) atoms. The fourth-order valence-electron chi connectivity index (χ4n) is 3.06. The van der Waals surface area contributed by atoms with E-state index in [1.807, 2.05) is 0 Å². The molecule has 1 unspecified atom stereocenters. The van der Waals surface area contributed by atoms with E-state index >= 15 is 0 Å². The fourth-order valence-corrected chi connectivity index (χ4v) is 3.27. The molecule has 0 N–H and O–H groups in total. The average molecular weight is 408 g/mol. The van der Waals surface area contributed by atoms with E-state index in [0.29, 0.717) is 37.3 Å². The van der Waals surface area contributed by atoms with Crippen molar-refractivity contribution in [1.82, 2.24) is 24.6 Å². The smallest absolute Gasteiger partial charge is 0.316 e. The third-order valence-electron chi connectivity index (χ3n) is 4.26. The van der Waals surface area contributed by atoms with Gasteiger partial charge in [-0.3, -0.25) is 4.79 Å². The maximum absolute atomic E-state index is 12.8. The Morgan fingerprint density at radius 2 is 2.12 bits per heavy atom. The molecule has 0 saturated carbocycles. The summed E-state index contributed by atoms with van der Waals surface area (Å²) >= 11 is 3.30. The van der Waals surface area contributed by atoms with Gasteiger partial charge in [0, 0.05) is 38.0 Å². The van der Waals surface area contributed by atoms with Crippen LogP contribution in [0.3, 0.4) is 0 Å². The second kappa shape index (κ2) is 6.99. The number of carbonyl (C=O) groups excluding carboxylic acids is 1. The van der Waals surface area contributed by atoms with E-state index in [1.165, 1.54) is 0 Å². The van der Waals surface area contributed by atoms with Crippen molar-refractivity contribution in [2.75, 3.05) is 19.7 Å². The minimum Gasteiger partial charge on any atom is -0.478 e. The summed E-state index contributed by atoms with van der Waals surface area (Å²) in [6.07, 6.45) is 5.82. The number of halogens is 1. The van der Waals surface area contributed by atoms with Crippen molar-refractivity contribution in [3.05, 3.63) is 28.6 Å². The third-order valence-corrected chi connectivity index (χ3v) is 4.67. The molecule has 8 nitrogen and oxygen atoms in total. The predicted octanol–water partition coefficient (Wildman–Crippen LogP) is 1.90. The Bertz CT molecular complexity index is 740. The number of likely N-dealkylation sites (tertiary alicyclic amines) is 1. The molecule has 1 fully saturated rings. The van der Waals surface area contributed by atoms with E-state index in [9.17, 15) is 4.79 Å². The largest absolute Gasteiger partial charge is 0.478 e. The van der Waals surface area contributed by atoms with E-state index in [-0.39, 0.29) is 12.0 Å². The van der Waals surface area contributed by atoms with Crippen LogP contribution in [0.2, 0.25) is 0 Å². The van der Waals surface area contributed by atoms with Crippen LogP contribution in [0.4, 0.5) is 0 Å². The van der Waals surface area contributed by atoms with Gasteiger partial charge in [-0.1, -0.05) is 0 Å². The molecule has 9 heteroatoms. The van der Waals surface area contributed by atoms with Gasteiger partial charge in [0.1, 0.15) is 6.10 Å². The lowest BCUT2D eigenvalue weighted by Gasteiger charge is -2.31. The Balaban J connectivity index is 1.42. The van der Waals surface area contributed by atoms with Crippen LogP contribution in [-0.4, -0.2) is 56.4 Å². The van der Waals surface area contributed by atoms with Crippen LogP contribution in [0.15, 0.2) is 22.9 Å². The molecule has 0 aromatic carbocycles. The predicted molar refractivity (Wildman–Crippen MR) is 91.6 cm³/mol. The van der Waals surface area contributed by atoms with Crippen LogP contribution in [0, 0.1) is 0 Å². The van der Waals surface area contributed by atoms with E-state index < -0.39 is 0 Å². The van der Waals surface area contributed by atoms with E-state index in [1.54, 1.807) is 28.0 Å². The van der Waals surface area contributed by atoms with Gasteiger partial charge < -0.3 is 14.4 Å². The average Bonchev–Trinajstić information content (AvgIpc) is 3.07. The minimum absolute atomic E-state index is 0.0875. The van der Waals surface area contributed by atoms with Gasteiger partial charge in [-0.05, 0) is 28.8 Å². The molecule has 2 aliphatic rings. The summed E-state index contributed by atoms with van der Waals surface area (Å²) in [6.45, 7) is 2.66. The Kier molecular flexibility index (Phi) is 4.56. The van der Waals surface area contributed by atoms with E-state index in [4.69, 9.17) is 9.47 Å². The Labute approximate surface area is 153 Å². The molecule has 0 radical (unpaired) electrons.